The molecule has 3 rings (SSSR count). The van der Waals surface area contributed by atoms with E-state index >= 15 is 0 Å². The van der Waals surface area contributed by atoms with Crippen molar-refractivity contribution in [2.75, 3.05) is 13.7 Å². The fourth-order valence-electron chi connectivity index (χ4n) is 3.51. The smallest absolute Gasteiger partial charge is 0.282 e. The van der Waals surface area contributed by atoms with Crippen LogP contribution in [0.25, 0.3) is 0 Å². The van der Waals surface area contributed by atoms with Gasteiger partial charge in [-0.05, 0) is 37.1 Å². The van der Waals surface area contributed by atoms with Gasteiger partial charge in [-0.1, -0.05) is 25.5 Å². The largest absolute Gasteiger partial charge is 0.493 e. The number of unbranched alkanes of at least 4 members (excludes halogenated alkanes) is 1. The van der Waals surface area contributed by atoms with Crippen LogP contribution in [-0.4, -0.2) is 47.3 Å². The summed E-state index contributed by atoms with van der Waals surface area (Å²) in [5, 5.41) is 13.9. The van der Waals surface area contributed by atoms with Gasteiger partial charge in [0, 0.05) is 12.6 Å². The van der Waals surface area contributed by atoms with Crippen molar-refractivity contribution < 1.29 is 28.8 Å². The van der Waals surface area contributed by atoms with Crippen LogP contribution in [0.15, 0.2) is 36.4 Å². The van der Waals surface area contributed by atoms with E-state index in [9.17, 15) is 24.5 Å². The van der Waals surface area contributed by atoms with Gasteiger partial charge >= 0.3 is 0 Å². The number of nitrogens with one attached hydrogen (secondary N) is 1. The number of carbonyl (C=O) groups excluding carboxylic acids is 3. The third kappa shape index (κ3) is 4.79. The van der Waals surface area contributed by atoms with E-state index in [2.05, 4.69) is 12.2 Å². The highest BCUT2D eigenvalue weighted by molar-refractivity contribution is 6.24. The highest BCUT2D eigenvalue weighted by Gasteiger charge is 2.44. The maximum Gasteiger partial charge on any atom is 0.282 e. The summed E-state index contributed by atoms with van der Waals surface area (Å²) >= 11 is 0. The number of hydrogen-bond acceptors (Lipinski definition) is 7. The second-order valence-corrected chi connectivity index (χ2v) is 7.52. The van der Waals surface area contributed by atoms with Crippen LogP contribution in [0.1, 0.15) is 53.0 Å². The number of imide groups is 1. The number of methoxy groups -OCH3 is 1. The molecule has 174 valence electrons. The molecule has 0 saturated carbocycles. The molecular formula is C23H25N3O7. The molecule has 0 aliphatic carbocycles. The Morgan fingerprint density at radius 3 is 2.61 bits per heavy atom. The van der Waals surface area contributed by atoms with Crippen molar-refractivity contribution in [2.45, 2.75) is 39.3 Å². The first-order valence-corrected chi connectivity index (χ1v) is 10.5. The van der Waals surface area contributed by atoms with Crippen molar-refractivity contribution in [3.05, 3.63) is 63.2 Å². The highest BCUT2D eigenvalue weighted by Crippen LogP contribution is 2.32. The number of amides is 3. The lowest BCUT2D eigenvalue weighted by atomic mass is 10.1. The minimum atomic E-state index is -1.16. The van der Waals surface area contributed by atoms with Crippen molar-refractivity contribution >= 4 is 23.4 Å². The summed E-state index contributed by atoms with van der Waals surface area (Å²) in [6, 6.07) is 7.93. The summed E-state index contributed by atoms with van der Waals surface area (Å²) in [4.78, 5) is 49.5. The van der Waals surface area contributed by atoms with Crippen LogP contribution >= 0.6 is 0 Å². The van der Waals surface area contributed by atoms with Gasteiger partial charge in [-0.25, -0.2) is 0 Å². The first-order valence-electron chi connectivity index (χ1n) is 10.5. The first-order chi connectivity index (χ1) is 15.8. The van der Waals surface area contributed by atoms with Crippen LogP contribution in [0, 0.1) is 10.1 Å². The molecule has 10 nitrogen and oxygen atoms in total. The SMILES string of the molecule is CCCCOc1ccc(CNC(=O)C(C)N2C(=O)c3cccc([N+](=O)[O-])c3C2=O)cc1OC. The normalized spacial score (nSPS) is 13.5. The monoisotopic (exact) mass is 455 g/mol. The van der Waals surface area contributed by atoms with E-state index in [0.29, 0.717) is 18.1 Å². The molecule has 10 heteroatoms. The molecule has 0 spiro atoms. The summed E-state index contributed by atoms with van der Waals surface area (Å²) < 4.78 is 11.1. The predicted octanol–water partition coefficient (Wildman–Crippen LogP) is 3.08. The van der Waals surface area contributed by atoms with Gasteiger partial charge in [0.15, 0.2) is 11.5 Å². The Morgan fingerprint density at radius 2 is 1.94 bits per heavy atom. The second-order valence-electron chi connectivity index (χ2n) is 7.52. The Kier molecular flexibility index (Phi) is 7.27. The maximum atomic E-state index is 12.8. The number of nitro benzene ring substituents is 1. The molecule has 0 fully saturated rings. The molecular weight excluding hydrogens is 430 g/mol. The van der Waals surface area contributed by atoms with Gasteiger partial charge in [0.2, 0.25) is 5.91 Å². The first kappa shape index (κ1) is 23.7. The molecule has 0 aromatic heterocycles. The van der Waals surface area contributed by atoms with Crippen LogP contribution in [0.3, 0.4) is 0 Å². The summed E-state index contributed by atoms with van der Waals surface area (Å²) in [6.45, 7) is 4.15. The molecule has 0 radical (unpaired) electrons. The molecule has 0 bridgehead atoms. The zero-order chi connectivity index (χ0) is 24.1. The van der Waals surface area contributed by atoms with Gasteiger partial charge in [0.25, 0.3) is 17.5 Å². The van der Waals surface area contributed by atoms with Crippen molar-refractivity contribution in [3.8, 4) is 11.5 Å². The summed E-state index contributed by atoms with van der Waals surface area (Å²) in [5.74, 6) is -1.05. The van der Waals surface area contributed by atoms with E-state index in [-0.39, 0.29) is 17.7 Å². The lowest BCUT2D eigenvalue weighted by Crippen LogP contribution is -2.47. The van der Waals surface area contributed by atoms with E-state index in [1.807, 2.05) is 0 Å². The van der Waals surface area contributed by atoms with E-state index in [0.717, 1.165) is 29.4 Å². The number of nitrogens with zero attached hydrogens (tertiary/aromatic N) is 2. The predicted molar refractivity (Wildman–Crippen MR) is 118 cm³/mol. The van der Waals surface area contributed by atoms with Crippen LogP contribution in [-0.2, 0) is 11.3 Å². The van der Waals surface area contributed by atoms with Gasteiger partial charge in [-0.2, -0.15) is 0 Å². The zero-order valence-electron chi connectivity index (χ0n) is 18.6. The van der Waals surface area contributed by atoms with Gasteiger partial charge in [0.1, 0.15) is 11.6 Å². The van der Waals surface area contributed by atoms with Gasteiger partial charge in [-0.3, -0.25) is 29.4 Å². The van der Waals surface area contributed by atoms with Crippen molar-refractivity contribution in [2.24, 2.45) is 0 Å². The van der Waals surface area contributed by atoms with Crippen molar-refractivity contribution in [3.63, 3.8) is 0 Å². The fourth-order valence-corrected chi connectivity index (χ4v) is 3.51. The average Bonchev–Trinajstić information content (AvgIpc) is 3.07. The Balaban J connectivity index is 1.69. The Bertz CT molecular complexity index is 1100. The number of rotatable bonds is 10. The van der Waals surface area contributed by atoms with E-state index in [4.69, 9.17) is 9.47 Å². The average molecular weight is 455 g/mol. The molecule has 1 aliphatic rings. The van der Waals surface area contributed by atoms with Crippen molar-refractivity contribution in [1.82, 2.24) is 10.2 Å². The molecule has 1 aliphatic heterocycles. The third-order valence-electron chi connectivity index (χ3n) is 5.34. The standard InChI is InChI=1S/C23H25N3O7/c1-4-5-11-33-18-10-9-15(12-19(18)32-3)13-24-21(27)14(2)25-22(28)16-7-6-8-17(26(30)31)20(16)23(25)29/h6-10,12,14H,4-5,11,13H2,1-3H3,(H,24,27). The molecule has 33 heavy (non-hydrogen) atoms. The number of carbonyl (C=O) groups is 3. The quantitative estimate of drug-likeness (QED) is 0.252. The molecule has 1 atom stereocenters. The highest BCUT2D eigenvalue weighted by atomic mass is 16.6. The third-order valence-corrected chi connectivity index (χ3v) is 5.34. The molecule has 3 amide bonds. The molecule has 2 aromatic rings. The topological polar surface area (TPSA) is 128 Å². The molecule has 0 saturated heterocycles. The minimum Gasteiger partial charge on any atom is -0.493 e. The maximum absolute atomic E-state index is 12.8. The van der Waals surface area contributed by atoms with Gasteiger partial charge < -0.3 is 14.8 Å². The summed E-state index contributed by atoms with van der Waals surface area (Å²) in [5.41, 5.74) is -0.115. The Hall–Kier alpha value is -3.95. The van der Waals surface area contributed by atoms with Crippen LogP contribution < -0.4 is 14.8 Å². The van der Waals surface area contributed by atoms with E-state index in [1.165, 1.54) is 26.2 Å². The van der Waals surface area contributed by atoms with E-state index < -0.39 is 34.4 Å². The number of nitro groups is 1. The van der Waals surface area contributed by atoms with Crippen LogP contribution in [0.2, 0.25) is 0 Å². The fraction of sp³-hybridized carbons (Fsp3) is 0.348. The Morgan fingerprint density at radius 1 is 1.18 bits per heavy atom. The number of fused-ring (bicyclic) bond motifs is 1. The number of benzene rings is 2. The van der Waals surface area contributed by atoms with Gasteiger partial charge in [-0.15, -0.1) is 0 Å². The molecule has 2 aromatic carbocycles. The van der Waals surface area contributed by atoms with Crippen LogP contribution in [0.5, 0.6) is 11.5 Å². The van der Waals surface area contributed by atoms with Gasteiger partial charge in [0.05, 0.1) is 24.2 Å². The lowest BCUT2D eigenvalue weighted by Gasteiger charge is -2.21. The zero-order valence-corrected chi connectivity index (χ0v) is 18.6. The van der Waals surface area contributed by atoms with E-state index in [1.54, 1.807) is 18.2 Å². The summed E-state index contributed by atoms with van der Waals surface area (Å²) in [7, 11) is 1.52. The molecule has 1 heterocycles. The lowest BCUT2D eigenvalue weighted by molar-refractivity contribution is -0.385. The second kappa shape index (κ2) is 10.1. The molecule has 1 unspecified atom stereocenters. The van der Waals surface area contributed by atoms with Crippen LogP contribution in [0.4, 0.5) is 5.69 Å². The Labute approximate surface area is 190 Å². The molecule has 1 N–H and O–H groups in total. The van der Waals surface area contributed by atoms with Crippen molar-refractivity contribution in [1.29, 1.82) is 0 Å². The summed E-state index contributed by atoms with van der Waals surface area (Å²) in [6.07, 6.45) is 1.92. The number of ether oxygens (including phenoxy) is 2. The number of hydrogen-bond donors (Lipinski definition) is 1. The minimum absolute atomic E-state index is 0.0859.